The predicted molar refractivity (Wildman–Crippen MR) is 73.6 cm³/mol. The van der Waals surface area contributed by atoms with Crippen molar-refractivity contribution in [3.63, 3.8) is 0 Å². The second-order valence-electron chi connectivity index (χ2n) is 4.85. The summed E-state index contributed by atoms with van der Waals surface area (Å²) >= 11 is 0. The van der Waals surface area contributed by atoms with Gasteiger partial charge in [-0.15, -0.1) is 0 Å². The highest BCUT2D eigenvalue weighted by Gasteiger charge is 2.23. The molecule has 1 saturated carbocycles. The van der Waals surface area contributed by atoms with Gasteiger partial charge >= 0.3 is 6.03 Å². The van der Waals surface area contributed by atoms with E-state index in [2.05, 4.69) is 5.32 Å². The lowest BCUT2D eigenvalue weighted by atomic mass is 9.93. The largest absolute Gasteiger partial charge is 0.335 e. The summed E-state index contributed by atoms with van der Waals surface area (Å²) in [5, 5.41) is 2.97. The van der Waals surface area contributed by atoms with E-state index in [1.54, 1.807) is 17.0 Å². The molecule has 0 aliphatic heterocycles. The summed E-state index contributed by atoms with van der Waals surface area (Å²) in [5.74, 6) is -0.341. The van der Waals surface area contributed by atoms with Gasteiger partial charge in [0.15, 0.2) is 0 Å². The number of hydrogen-bond acceptors (Lipinski definition) is 2. The van der Waals surface area contributed by atoms with E-state index in [-0.39, 0.29) is 17.9 Å². The number of hydrogen-bond donors (Lipinski definition) is 2. The number of carbonyl (C=O) groups excluding carboxylic acids is 1. The van der Waals surface area contributed by atoms with E-state index in [4.69, 9.17) is 5.73 Å². The highest BCUT2D eigenvalue weighted by atomic mass is 19.1. The molecule has 4 nitrogen and oxygen atoms in total. The SMILES string of the molecule is NCCCN(C(=O)NC1CCC1)c1cccc(F)c1. The molecule has 2 rings (SSSR count). The topological polar surface area (TPSA) is 58.4 Å². The zero-order valence-corrected chi connectivity index (χ0v) is 10.9. The molecule has 3 N–H and O–H groups in total. The van der Waals surface area contributed by atoms with Gasteiger partial charge in [0.25, 0.3) is 0 Å². The molecule has 0 saturated heterocycles. The van der Waals surface area contributed by atoms with Crippen molar-refractivity contribution in [2.45, 2.75) is 31.7 Å². The smallest absolute Gasteiger partial charge is 0.322 e. The van der Waals surface area contributed by atoms with E-state index in [0.717, 1.165) is 19.3 Å². The Kier molecular flexibility index (Phi) is 4.74. The molecule has 1 aliphatic rings. The molecule has 104 valence electrons. The van der Waals surface area contributed by atoms with Crippen LogP contribution in [0.5, 0.6) is 0 Å². The number of amides is 2. The number of nitrogens with zero attached hydrogens (tertiary/aromatic N) is 1. The number of halogens is 1. The van der Waals surface area contributed by atoms with Gasteiger partial charge in [0.1, 0.15) is 5.82 Å². The monoisotopic (exact) mass is 265 g/mol. The van der Waals surface area contributed by atoms with E-state index in [1.807, 2.05) is 0 Å². The molecule has 1 aromatic rings. The van der Waals surface area contributed by atoms with Crippen molar-refractivity contribution in [3.8, 4) is 0 Å². The summed E-state index contributed by atoms with van der Waals surface area (Å²) in [4.78, 5) is 13.8. The fourth-order valence-electron chi connectivity index (χ4n) is 2.05. The van der Waals surface area contributed by atoms with Crippen LogP contribution in [0, 0.1) is 5.82 Å². The summed E-state index contributed by atoms with van der Waals surface area (Å²) in [6.07, 6.45) is 3.90. The number of rotatable bonds is 5. The molecule has 19 heavy (non-hydrogen) atoms. The zero-order valence-electron chi connectivity index (χ0n) is 10.9. The van der Waals surface area contributed by atoms with E-state index in [1.165, 1.54) is 12.1 Å². The van der Waals surface area contributed by atoms with Gasteiger partial charge in [-0.1, -0.05) is 6.07 Å². The van der Waals surface area contributed by atoms with Gasteiger partial charge in [0, 0.05) is 18.3 Å². The first-order chi connectivity index (χ1) is 9.20. The van der Waals surface area contributed by atoms with E-state index in [0.29, 0.717) is 25.2 Å². The normalized spacial score (nSPS) is 14.8. The highest BCUT2D eigenvalue weighted by Crippen LogP contribution is 2.20. The molecule has 0 radical (unpaired) electrons. The molecule has 0 aromatic heterocycles. The first-order valence-corrected chi connectivity index (χ1v) is 6.74. The van der Waals surface area contributed by atoms with Crippen molar-refractivity contribution < 1.29 is 9.18 Å². The van der Waals surface area contributed by atoms with Gasteiger partial charge in [-0.2, -0.15) is 0 Å². The maximum Gasteiger partial charge on any atom is 0.322 e. The van der Waals surface area contributed by atoms with E-state index in [9.17, 15) is 9.18 Å². The standard InChI is InChI=1S/C14H20FN3O/c15-11-4-1-7-13(10-11)18(9-3-8-16)14(19)17-12-5-2-6-12/h1,4,7,10,12H,2-3,5-6,8-9,16H2,(H,17,19). The summed E-state index contributed by atoms with van der Waals surface area (Å²) in [5.41, 5.74) is 6.07. The zero-order chi connectivity index (χ0) is 13.7. The Morgan fingerprint density at radius 1 is 1.47 bits per heavy atom. The molecule has 0 bridgehead atoms. The van der Waals surface area contributed by atoms with Crippen molar-refractivity contribution in [2.24, 2.45) is 5.73 Å². The molecule has 1 aliphatic carbocycles. The van der Waals surface area contributed by atoms with E-state index < -0.39 is 0 Å². The number of carbonyl (C=O) groups is 1. The van der Waals surface area contributed by atoms with Gasteiger partial charge in [-0.25, -0.2) is 9.18 Å². The molecular weight excluding hydrogens is 245 g/mol. The number of nitrogens with two attached hydrogens (primary N) is 1. The van der Waals surface area contributed by atoms with Crippen LogP contribution in [0.4, 0.5) is 14.9 Å². The van der Waals surface area contributed by atoms with E-state index >= 15 is 0 Å². The molecular formula is C14H20FN3O. The molecule has 1 aromatic carbocycles. The molecule has 5 heteroatoms. The van der Waals surface area contributed by atoms with Crippen LogP contribution in [0.1, 0.15) is 25.7 Å². The minimum absolute atomic E-state index is 0.163. The fourth-order valence-corrected chi connectivity index (χ4v) is 2.05. The van der Waals surface area contributed by atoms with Crippen molar-refractivity contribution in [1.29, 1.82) is 0 Å². The lowest BCUT2D eigenvalue weighted by Gasteiger charge is -2.30. The molecule has 0 atom stereocenters. The van der Waals surface area contributed by atoms with Crippen LogP contribution < -0.4 is 16.0 Å². The number of anilines is 1. The first-order valence-electron chi connectivity index (χ1n) is 6.74. The minimum atomic E-state index is -0.341. The van der Waals surface area contributed by atoms with Crippen molar-refractivity contribution in [1.82, 2.24) is 5.32 Å². The van der Waals surface area contributed by atoms with Gasteiger partial charge in [-0.3, -0.25) is 4.90 Å². The highest BCUT2D eigenvalue weighted by molar-refractivity contribution is 5.92. The molecule has 2 amide bonds. The molecule has 0 heterocycles. The second-order valence-corrected chi connectivity index (χ2v) is 4.85. The van der Waals surface area contributed by atoms with Crippen LogP contribution in [-0.2, 0) is 0 Å². The summed E-state index contributed by atoms with van der Waals surface area (Å²) in [7, 11) is 0. The Bertz CT molecular complexity index is 434. The van der Waals surface area contributed by atoms with Crippen molar-refractivity contribution >= 4 is 11.7 Å². The van der Waals surface area contributed by atoms with Gasteiger partial charge in [0.2, 0.25) is 0 Å². The van der Waals surface area contributed by atoms with Crippen LogP contribution in [0.15, 0.2) is 24.3 Å². The lowest BCUT2D eigenvalue weighted by molar-refractivity contribution is 0.234. The Morgan fingerprint density at radius 2 is 2.26 bits per heavy atom. The number of benzene rings is 1. The molecule has 0 spiro atoms. The summed E-state index contributed by atoms with van der Waals surface area (Å²) in [6.45, 7) is 1.00. The summed E-state index contributed by atoms with van der Waals surface area (Å²) < 4.78 is 13.3. The Balaban J connectivity index is 2.07. The van der Waals surface area contributed by atoms with Crippen LogP contribution in [0.25, 0.3) is 0 Å². The third-order valence-corrected chi connectivity index (χ3v) is 3.38. The maximum atomic E-state index is 13.3. The first kappa shape index (κ1) is 13.8. The van der Waals surface area contributed by atoms with Gasteiger partial charge < -0.3 is 11.1 Å². The third kappa shape index (κ3) is 3.67. The lowest BCUT2D eigenvalue weighted by Crippen LogP contribution is -2.48. The Morgan fingerprint density at radius 3 is 2.84 bits per heavy atom. The fraction of sp³-hybridized carbons (Fsp3) is 0.500. The average molecular weight is 265 g/mol. The average Bonchev–Trinajstić information content (AvgIpc) is 2.34. The quantitative estimate of drug-likeness (QED) is 0.857. The third-order valence-electron chi connectivity index (χ3n) is 3.38. The minimum Gasteiger partial charge on any atom is -0.335 e. The van der Waals surface area contributed by atoms with Crippen LogP contribution >= 0.6 is 0 Å². The Labute approximate surface area is 112 Å². The second kappa shape index (κ2) is 6.52. The molecule has 1 fully saturated rings. The Hall–Kier alpha value is -1.62. The maximum absolute atomic E-state index is 13.3. The van der Waals surface area contributed by atoms with Crippen LogP contribution in [-0.4, -0.2) is 25.2 Å². The molecule has 0 unspecified atom stereocenters. The predicted octanol–water partition coefficient (Wildman–Crippen LogP) is 2.24. The number of nitrogens with one attached hydrogen (secondary N) is 1. The number of urea groups is 1. The van der Waals surface area contributed by atoms with Gasteiger partial charge in [-0.05, 0) is 50.4 Å². The van der Waals surface area contributed by atoms with Crippen LogP contribution in [0.3, 0.4) is 0 Å². The van der Waals surface area contributed by atoms with Crippen LogP contribution in [0.2, 0.25) is 0 Å². The van der Waals surface area contributed by atoms with Gasteiger partial charge in [0.05, 0.1) is 0 Å². The van der Waals surface area contributed by atoms with Crippen molar-refractivity contribution in [2.75, 3.05) is 18.0 Å². The van der Waals surface area contributed by atoms with Crippen molar-refractivity contribution in [3.05, 3.63) is 30.1 Å². The summed E-state index contributed by atoms with van der Waals surface area (Å²) in [6, 6.07) is 6.19.